The number of rotatable bonds is 4. The Morgan fingerprint density at radius 2 is 1.81 bits per heavy atom. The minimum absolute atomic E-state index is 0.748. The van der Waals surface area contributed by atoms with Crippen LogP contribution < -0.4 is 5.32 Å². The van der Waals surface area contributed by atoms with Crippen LogP contribution in [0.5, 0.6) is 0 Å². The van der Waals surface area contributed by atoms with Crippen LogP contribution in [-0.4, -0.2) is 21.8 Å². The average molecular weight is 216 g/mol. The van der Waals surface area contributed by atoms with E-state index in [1.807, 2.05) is 36.9 Å². The standard InChI is InChI=1S/C12H16N4/c1-13-9-12-15-14-11(16(12)2)8-10-6-4-3-5-7-10/h3-7,13H,8-9H2,1-2H3. The number of benzene rings is 1. The molecule has 0 bridgehead atoms. The maximum absolute atomic E-state index is 4.20. The van der Waals surface area contributed by atoms with Gasteiger partial charge in [0, 0.05) is 13.5 Å². The molecule has 0 atom stereocenters. The molecule has 2 aromatic rings. The van der Waals surface area contributed by atoms with Crippen molar-refractivity contribution in [3.8, 4) is 0 Å². The van der Waals surface area contributed by atoms with E-state index in [-0.39, 0.29) is 0 Å². The van der Waals surface area contributed by atoms with Crippen LogP contribution in [-0.2, 0) is 20.0 Å². The van der Waals surface area contributed by atoms with Gasteiger partial charge in [0.2, 0.25) is 0 Å². The van der Waals surface area contributed by atoms with Gasteiger partial charge in [-0.3, -0.25) is 0 Å². The molecule has 1 N–H and O–H groups in total. The largest absolute Gasteiger partial charge is 0.317 e. The van der Waals surface area contributed by atoms with Crippen LogP contribution in [0.15, 0.2) is 30.3 Å². The molecule has 84 valence electrons. The monoisotopic (exact) mass is 216 g/mol. The summed E-state index contributed by atoms with van der Waals surface area (Å²) in [5.41, 5.74) is 1.26. The molecular formula is C12H16N4. The van der Waals surface area contributed by atoms with Crippen molar-refractivity contribution < 1.29 is 0 Å². The first-order valence-electron chi connectivity index (χ1n) is 5.37. The highest BCUT2D eigenvalue weighted by atomic mass is 15.3. The van der Waals surface area contributed by atoms with Crippen molar-refractivity contribution >= 4 is 0 Å². The molecular weight excluding hydrogens is 200 g/mol. The Morgan fingerprint density at radius 1 is 1.12 bits per heavy atom. The molecule has 0 aliphatic rings. The lowest BCUT2D eigenvalue weighted by molar-refractivity contribution is 0.695. The summed E-state index contributed by atoms with van der Waals surface area (Å²) in [5.74, 6) is 1.96. The van der Waals surface area contributed by atoms with Crippen LogP contribution in [0.4, 0.5) is 0 Å². The van der Waals surface area contributed by atoms with Gasteiger partial charge in [0.05, 0.1) is 6.54 Å². The van der Waals surface area contributed by atoms with Gasteiger partial charge in [-0.1, -0.05) is 30.3 Å². The van der Waals surface area contributed by atoms with Gasteiger partial charge in [0.25, 0.3) is 0 Å². The normalized spacial score (nSPS) is 10.6. The van der Waals surface area contributed by atoms with Crippen molar-refractivity contribution in [2.24, 2.45) is 7.05 Å². The van der Waals surface area contributed by atoms with E-state index in [1.165, 1.54) is 5.56 Å². The summed E-state index contributed by atoms with van der Waals surface area (Å²) in [6, 6.07) is 10.3. The average Bonchev–Trinajstić information content (AvgIpc) is 2.64. The molecule has 1 aromatic heterocycles. The van der Waals surface area contributed by atoms with Crippen LogP contribution in [0, 0.1) is 0 Å². The fourth-order valence-corrected chi connectivity index (χ4v) is 1.64. The minimum Gasteiger partial charge on any atom is -0.317 e. The van der Waals surface area contributed by atoms with Gasteiger partial charge in [0.15, 0.2) is 0 Å². The van der Waals surface area contributed by atoms with Crippen molar-refractivity contribution in [3.05, 3.63) is 47.5 Å². The SMILES string of the molecule is CNCc1nnc(Cc2ccccc2)n1C. The van der Waals surface area contributed by atoms with E-state index in [0.717, 1.165) is 24.6 Å². The molecule has 0 radical (unpaired) electrons. The molecule has 4 nitrogen and oxygen atoms in total. The van der Waals surface area contributed by atoms with Crippen LogP contribution in [0.2, 0.25) is 0 Å². The van der Waals surface area contributed by atoms with Gasteiger partial charge in [-0.2, -0.15) is 0 Å². The van der Waals surface area contributed by atoms with Crippen LogP contribution in [0.1, 0.15) is 17.2 Å². The van der Waals surface area contributed by atoms with Gasteiger partial charge in [-0.25, -0.2) is 0 Å². The Bertz CT molecular complexity index is 447. The summed E-state index contributed by atoms with van der Waals surface area (Å²) >= 11 is 0. The Balaban J connectivity index is 2.16. The number of nitrogens with zero attached hydrogens (tertiary/aromatic N) is 3. The molecule has 0 spiro atoms. The lowest BCUT2D eigenvalue weighted by Gasteiger charge is -2.03. The summed E-state index contributed by atoms with van der Waals surface area (Å²) in [4.78, 5) is 0. The van der Waals surface area contributed by atoms with E-state index < -0.39 is 0 Å². The maximum atomic E-state index is 4.20. The highest BCUT2D eigenvalue weighted by molar-refractivity contribution is 5.19. The van der Waals surface area contributed by atoms with Crippen molar-refractivity contribution in [2.45, 2.75) is 13.0 Å². The molecule has 1 heterocycles. The zero-order valence-corrected chi connectivity index (χ0v) is 9.64. The second-order valence-electron chi connectivity index (χ2n) is 3.78. The third kappa shape index (κ3) is 2.28. The lowest BCUT2D eigenvalue weighted by atomic mass is 10.1. The summed E-state index contributed by atoms with van der Waals surface area (Å²) in [6.07, 6.45) is 0.827. The number of aromatic nitrogens is 3. The fraction of sp³-hybridized carbons (Fsp3) is 0.333. The van der Waals surface area contributed by atoms with Gasteiger partial charge < -0.3 is 9.88 Å². The van der Waals surface area contributed by atoms with E-state index in [4.69, 9.17) is 0 Å². The van der Waals surface area contributed by atoms with Crippen LogP contribution in [0.25, 0.3) is 0 Å². The van der Waals surface area contributed by atoms with E-state index >= 15 is 0 Å². The molecule has 0 saturated heterocycles. The third-order valence-electron chi connectivity index (χ3n) is 2.60. The van der Waals surface area contributed by atoms with Crippen LogP contribution >= 0.6 is 0 Å². The van der Waals surface area contributed by atoms with Crippen molar-refractivity contribution in [2.75, 3.05) is 7.05 Å². The quantitative estimate of drug-likeness (QED) is 0.833. The first-order chi connectivity index (χ1) is 7.81. The number of hydrogen-bond donors (Lipinski definition) is 1. The molecule has 16 heavy (non-hydrogen) atoms. The number of hydrogen-bond acceptors (Lipinski definition) is 3. The number of nitrogens with one attached hydrogen (secondary N) is 1. The van der Waals surface area contributed by atoms with Gasteiger partial charge in [-0.05, 0) is 12.6 Å². The maximum Gasteiger partial charge on any atom is 0.146 e. The first kappa shape index (κ1) is 10.8. The minimum atomic E-state index is 0.748. The topological polar surface area (TPSA) is 42.7 Å². The van der Waals surface area contributed by atoms with Gasteiger partial charge >= 0.3 is 0 Å². The van der Waals surface area contributed by atoms with E-state index in [9.17, 15) is 0 Å². The first-order valence-corrected chi connectivity index (χ1v) is 5.37. The Labute approximate surface area is 95.3 Å². The Hall–Kier alpha value is -1.68. The second kappa shape index (κ2) is 4.90. The Kier molecular flexibility index (Phi) is 3.31. The van der Waals surface area contributed by atoms with Gasteiger partial charge in [-0.15, -0.1) is 10.2 Å². The lowest BCUT2D eigenvalue weighted by Crippen LogP contribution is -2.11. The molecule has 2 rings (SSSR count). The molecule has 0 unspecified atom stereocenters. The fourth-order valence-electron chi connectivity index (χ4n) is 1.64. The second-order valence-corrected chi connectivity index (χ2v) is 3.78. The molecule has 0 saturated carbocycles. The van der Waals surface area contributed by atoms with E-state index in [0.29, 0.717) is 0 Å². The van der Waals surface area contributed by atoms with E-state index in [1.54, 1.807) is 0 Å². The zero-order chi connectivity index (χ0) is 11.4. The predicted octanol–water partition coefficient (Wildman–Crippen LogP) is 1.13. The summed E-state index contributed by atoms with van der Waals surface area (Å²) in [5, 5.41) is 11.4. The summed E-state index contributed by atoms with van der Waals surface area (Å²) < 4.78 is 2.05. The molecule has 0 fully saturated rings. The smallest absolute Gasteiger partial charge is 0.146 e. The van der Waals surface area contributed by atoms with Crippen molar-refractivity contribution in [3.63, 3.8) is 0 Å². The summed E-state index contributed by atoms with van der Waals surface area (Å²) in [7, 11) is 3.91. The summed E-state index contributed by atoms with van der Waals surface area (Å²) in [6.45, 7) is 0.748. The van der Waals surface area contributed by atoms with Crippen molar-refractivity contribution in [1.29, 1.82) is 0 Å². The molecule has 0 amide bonds. The molecule has 0 aliphatic carbocycles. The highest BCUT2D eigenvalue weighted by Crippen LogP contribution is 2.07. The molecule has 0 aliphatic heterocycles. The Morgan fingerprint density at radius 3 is 2.50 bits per heavy atom. The third-order valence-corrected chi connectivity index (χ3v) is 2.60. The molecule has 4 heteroatoms. The zero-order valence-electron chi connectivity index (χ0n) is 9.64. The van der Waals surface area contributed by atoms with E-state index in [2.05, 4.69) is 27.6 Å². The predicted molar refractivity (Wildman–Crippen MR) is 63.0 cm³/mol. The van der Waals surface area contributed by atoms with Crippen molar-refractivity contribution in [1.82, 2.24) is 20.1 Å². The van der Waals surface area contributed by atoms with Gasteiger partial charge in [0.1, 0.15) is 11.6 Å². The van der Waals surface area contributed by atoms with Crippen LogP contribution in [0.3, 0.4) is 0 Å². The highest BCUT2D eigenvalue weighted by Gasteiger charge is 2.07. The molecule has 1 aromatic carbocycles.